The Hall–Kier alpha value is -1.00. The van der Waals surface area contributed by atoms with Crippen molar-refractivity contribution in [3.05, 3.63) is 35.4 Å². The van der Waals surface area contributed by atoms with Crippen LogP contribution in [-0.2, 0) is 11.2 Å². The molecule has 0 bridgehead atoms. The molecule has 1 aromatic rings. The topological polar surface area (TPSA) is 21.3 Å². The van der Waals surface area contributed by atoms with Gasteiger partial charge < -0.3 is 10.1 Å². The zero-order chi connectivity index (χ0) is 13.2. The number of hydrogen-bond acceptors (Lipinski definition) is 2. The van der Waals surface area contributed by atoms with E-state index in [1.54, 1.807) is 19.2 Å². The molecule has 0 saturated heterocycles. The third-order valence-corrected chi connectivity index (χ3v) is 2.78. The van der Waals surface area contributed by atoms with Crippen LogP contribution in [0.5, 0.6) is 0 Å². The average Bonchev–Trinajstić information content (AvgIpc) is 2.38. The van der Waals surface area contributed by atoms with Crippen molar-refractivity contribution in [3.63, 3.8) is 0 Å². The van der Waals surface area contributed by atoms with E-state index in [9.17, 15) is 8.78 Å². The fourth-order valence-corrected chi connectivity index (χ4v) is 1.71. The Morgan fingerprint density at radius 1 is 1.11 bits per heavy atom. The van der Waals surface area contributed by atoms with Crippen molar-refractivity contribution in [2.24, 2.45) is 0 Å². The minimum Gasteiger partial charge on any atom is -0.383 e. The molecule has 1 aromatic carbocycles. The van der Waals surface area contributed by atoms with Gasteiger partial charge in [0.05, 0.1) is 6.61 Å². The van der Waals surface area contributed by atoms with E-state index in [4.69, 9.17) is 4.74 Å². The molecule has 0 heterocycles. The Morgan fingerprint density at radius 3 is 2.44 bits per heavy atom. The number of hydrogen-bond donors (Lipinski definition) is 1. The molecule has 0 atom stereocenters. The predicted octanol–water partition coefficient (Wildman–Crippen LogP) is 3.18. The largest absolute Gasteiger partial charge is 0.383 e. The van der Waals surface area contributed by atoms with E-state index < -0.39 is 6.43 Å². The van der Waals surface area contributed by atoms with Gasteiger partial charge >= 0.3 is 0 Å². The van der Waals surface area contributed by atoms with E-state index in [2.05, 4.69) is 5.32 Å². The molecule has 4 heteroatoms. The molecule has 102 valence electrons. The van der Waals surface area contributed by atoms with Crippen LogP contribution < -0.4 is 5.32 Å². The van der Waals surface area contributed by atoms with Crippen molar-refractivity contribution in [1.82, 2.24) is 5.32 Å². The molecule has 0 aliphatic rings. The van der Waals surface area contributed by atoms with Gasteiger partial charge in [-0.1, -0.05) is 24.3 Å². The van der Waals surface area contributed by atoms with Crippen LogP contribution >= 0.6 is 0 Å². The van der Waals surface area contributed by atoms with Gasteiger partial charge in [-0.15, -0.1) is 0 Å². The van der Waals surface area contributed by atoms with Crippen molar-refractivity contribution in [2.75, 3.05) is 26.8 Å². The highest BCUT2D eigenvalue weighted by Gasteiger charge is 2.05. The fourth-order valence-electron chi connectivity index (χ4n) is 1.71. The van der Waals surface area contributed by atoms with E-state index in [1.807, 2.05) is 0 Å². The van der Waals surface area contributed by atoms with Gasteiger partial charge in [-0.2, -0.15) is 0 Å². The van der Waals surface area contributed by atoms with Crippen LogP contribution in [0.4, 0.5) is 8.78 Å². The van der Waals surface area contributed by atoms with Crippen LogP contribution in [0.25, 0.3) is 0 Å². The number of rotatable bonds is 9. The number of aryl methyl sites for hydroxylation is 1. The minimum absolute atomic E-state index is 0.0972. The number of nitrogens with one attached hydrogen (secondary N) is 1. The average molecular weight is 257 g/mol. The molecule has 2 nitrogen and oxygen atoms in total. The van der Waals surface area contributed by atoms with Gasteiger partial charge in [0.25, 0.3) is 6.43 Å². The van der Waals surface area contributed by atoms with Gasteiger partial charge in [0.15, 0.2) is 0 Å². The van der Waals surface area contributed by atoms with E-state index in [1.165, 1.54) is 12.1 Å². The van der Waals surface area contributed by atoms with Crippen molar-refractivity contribution >= 4 is 0 Å². The Morgan fingerprint density at radius 2 is 1.83 bits per heavy atom. The number of ether oxygens (including phenoxy) is 1. The zero-order valence-electron chi connectivity index (χ0n) is 10.8. The van der Waals surface area contributed by atoms with E-state index >= 15 is 0 Å². The monoisotopic (exact) mass is 257 g/mol. The van der Waals surface area contributed by atoms with Crippen LogP contribution in [0.2, 0.25) is 0 Å². The quantitative estimate of drug-likeness (QED) is 0.686. The number of halogens is 2. The van der Waals surface area contributed by atoms with Crippen molar-refractivity contribution < 1.29 is 13.5 Å². The molecule has 0 amide bonds. The number of benzene rings is 1. The number of alkyl halides is 2. The van der Waals surface area contributed by atoms with Crippen LogP contribution in [0.1, 0.15) is 30.4 Å². The highest BCUT2D eigenvalue weighted by atomic mass is 19.3. The zero-order valence-corrected chi connectivity index (χ0v) is 10.8. The van der Waals surface area contributed by atoms with Crippen LogP contribution in [0.15, 0.2) is 24.3 Å². The molecule has 0 aromatic heterocycles. The van der Waals surface area contributed by atoms with Crippen LogP contribution in [0, 0.1) is 0 Å². The van der Waals surface area contributed by atoms with Gasteiger partial charge in [0, 0.05) is 19.2 Å². The molecule has 1 N–H and O–H groups in total. The second-order valence-electron chi connectivity index (χ2n) is 4.24. The lowest BCUT2D eigenvalue weighted by molar-refractivity contribution is 0.151. The summed E-state index contributed by atoms with van der Waals surface area (Å²) in [5, 5.41) is 3.27. The minimum atomic E-state index is -2.37. The lowest BCUT2D eigenvalue weighted by Gasteiger charge is -2.05. The molecule has 0 aliphatic carbocycles. The van der Waals surface area contributed by atoms with Gasteiger partial charge in [-0.25, -0.2) is 8.78 Å². The lowest BCUT2D eigenvalue weighted by atomic mass is 10.1. The summed E-state index contributed by atoms with van der Waals surface area (Å²) >= 11 is 0. The maximum absolute atomic E-state index is 12.3. The highest BCUT2D eigenvalue weighted by molar-refractivity contribution is 5.23. The number of unbranched alkanes of at least 4 members (excludes halogenated alkanes) is 1. The fraction of sp³-hybridized carbons (Fsp3) is 0.571. The molecule has 0 aliphatic heterocycles. The maximum atomic E-state index is 12.3. The summed E-state index contributed by atoms with van der Waals surface area (Å²) in [5.41, 5.74) is 1.22. The normalized spacial score (nSPS) is 11.1. The third-order valence-electron chi connectivity index (χ3n) is 2.78. The van der Waals surface area contributed by atoms with Gasteiger partial charge in [0.2, 0.25) is 0 Å². The van der Waals surface area contributed by atoms with Gasteiger partial charge in [-0.3, -0.25) is 0 Å². The molecule has 0 radical (unpaired) electrons. The highest BCUT2D eigenvalue weighted by Crippen LogP contribution is 2.19. The van der Waals surface area contributed by atoms with Crippen molar-refractivity contribution in [1.29, 1.82) is 0 Å². The summed E-state index contributed by atoms with van der Waals surface area (Å²) in [4.78, 5) is 0. The Bertz CT molecular complexity index is 314. The first-order valence-corrected chi connectivity index (χ1v) is 6.30. The Kier molecular flexibility index (Phi) is 7.53. The van der Waals surface area contributed by atoms with Gasteiger partial charge in [-0.05, 0) is 31.4 Å². The van der Waals surface area contributed by atoms with E-state index in [-0.39, 0.29) is 5.56 Å². The molecule has 0 fully saturated rings. The second-order valence-corrected chi connectivity index (χ2v) is 4.24. The van der Waals surface area contributed by atoms with Gasteiger partial charge in [0.1, 0.15) is 0 Å². The summed E-state index contributed by atoms with van der Waals surface area (Å²) in [6.45, 7) is 2.58. The third kappa shape index (κ3) is 6.07. The van der Waals surface area contributed by atoms with Crippen molar-refractivity contribution in [3.8, 4) is 0 Å². The second kappa shape index (κ2) is 9.00. The van der Waals surface area contributed by atoms with Crippen LogP contribution in [0.3, 0.4) is 0 Å². The first-order valence-electron chi connectivity index (χ1n) is 6.30. The molecule has 0 spiro atoms. The first-order chi connectivity index (χ1) is 8.74. The van der Waals surface area contributed by atoms with Crippen molar-refractivity contribution in [2.45, 2.75) is 25.7 Å². The summed E-state index contributed by atoms with van der Waals surface area (Å²) in [6, 6.07) is 6.60. The summed E-state index contributed by atoms with van der Waals surface area (Å²) < 4.78 is 29.6. The standard InChI is InChI=1S/C14H21F2NO/c1-18-11-10-17-9-3-2-4-12-5-7-13(8-6-12)14(15)16/h5-8,14,17H,2-4,9-11H2,1H3. The van der Waals surface area contributed by atoms with Crippen LogP contribution in [-0.4, -0.2) is 26.8 Å². The summed E-state index contributed by atoms with van der Waals surface area (Å²) in [7, 11) is 1.69. The summed E-state index contributed by atoms with van der Waals surface area (Å²) in [5.74, 6) is 0. The first kappa shape index (κ1) is 15.1. The maximum Gasteiger partial charge on any atom is 0.263 e. The molecular formula is C14H21F2NO. The number of methoxy groups -OCH3 is 1. The molecule has 1 rings (SSSR count). The Labute approximate surface area is 107 Å². The van der Waals surface area contributed by atoms with E-state index in [0.29, 0.717) is 0 Å². The predicted molar refractivity (Wildman–Crippen MR) is 69.1 cm³/mol. The lowest BCUT2D eigenvalue weighted by Crippen LogP contribution is -2.20. The molecule has 18 heavy (non-hydrogen) atoms. The SMILES string of the molecule is COCCNCCCCc1ccc(C(F)F)cc1. The molecular weight excluding hydrogens is 236 g/mol. The smallest absolute Gasteiger partial charge is 0.263 e. The Balaban J connectivity index is 2.12. The molecule has 0 saturated carbocycles. The van der Waals surface area contributed by atoms with E-state index in [0.717, 1.165) is 44.5 Å². The summed E-state index contributed by atoms with van der Waals surface area (Å²) in [6.07, 6.45) is 0.716. The molecule has 0 unspecified atom stereocenters.